The standard InChI is InChI=1S/C35H37N5O4/c1-38-16-18-39(19-17-38)22-31(41)40-15-14-24-20-26(11-13-30(24)40)36-33(23-6-3-2-4-7-23)32-28-12-10-25(21-29(28)37-34(32)42)35(43)44-27-8-5-9-27/h2-4,6-7,10-13,20-21,27,36H,5,8-9,14-19,22H2,1H3,(H,37,42)/b33-32-. The van der Waals surface area contributed by atoms with Crippen molar-refractivity contribution in [2.24, 2.45) is 0 Å². The lowest BCUT2D eigenvalue weighted by molar-refractivity contribution is -0.120. The lowest BCUT2D eigenvalue weighted by Gasteiger charge is -2.32. The number of carbonyl (C=O) groups excluding carboxylic acids is 3. The smallest absolute Gasteiger partial charge is 0.338 e. The number of likely N-dealkylation sites (N-methyl/N-ethyl adjacent to an activating group) is 1. The summed E-state index contributed by atoms with van der Waals surface area (Å²) < 4.78 is 5.58. The molecular weight excluding hydrogens is 554 g/mol. The van der Waals surface area contributed by atoms with Crippen LogP contribution in [-0.2, 0) is 20.7 Å². The molecule has 2 N–H and O–H groups in total. The Hall–Kier alpha value is -4.47. The van der Waals surface area contributed by atoms with Crippen LogP contribution in [-0.4, -0.2) is 80.0 Å². The van der Waals surface area contributed by atoms with E-state index in [0.717, 1.165) is 79.9 Å². The SMILES string of the molecule is CN1CCN(CC(=O)N2CCc3cc(N/C(=C4\C(=O)Nc5cc(C(=O)OC6CCC6)ccc54)c4ccccc4)ccc32)CC1. The second-order valence-corrected chi connectivity index (χ2v) is 12.1. The van der Waals surface area contributed by atoms with Crippen LogP contribution < -0.4 is 15.5 Å². The molecule has 2 amide bonds. The second kappa shape index (κ2) is 11.9. The molecule has 1 saturated heterocycles. The number of nitrogens with one attached hydrogen (secondary N) is 2. The number of rotatable bonds is 7. The number of ether oxygens (including phenoxy) is 1. The molecule has 0 spiro atoms. The molecule has 0 atom stereocenters. The number of benzene rings is 3. The summed E-state index contributed by atoms with van der Waals surface area (Å²) in [5, 5.41) is 6.50. The van der Waals surface area contributed by atoms with Gasteiger partial charge in [0.25, 0.3) is 5.91 Å². The number of amides is 2. The highest BCUT2D eigenvalue weighted by Gasteiger charge is 2.31. The van der Waals surface area contributed by atoms with Crippen LogP contribution in [0, 0.1) is 0 Å². The topological polar surface area (TPSA) is 94.2 Å². The Labute approximate surface area is 257 Å². The summed E-state index contributed by atoms with van der Waals surface area (Å²) in [5.41, 5.74) is 6.68. The minimum Gasteiger partial charge on any atom is -0.459 e. The molecule has 3 aliphatic heterocycles. The van der Waals surface area contributed by atoms with Crippen molar-refractivity contribution in [3.8, 4) is 0 Å². The summed E-state index contributed by atoms with van der Waals surface area (Å²) in [6, 6.07) is 21.1. The van der Waals surface area contributed by atoms with Gasteiger partial charge >= 0.3 is 5.97 Å². The Balaban J connectivity index is 1.15. The molecule has 3 heterocycles. The number of fused-ring (bicyclic) bond motifs is 2. The predicted octanol–water partition coefficient (Wildman–Crippen LogP) is 4.46. The van der Waals surface area contributed by atoms with E-state index >= 15 is 0 Å². The van der Waals surface area contributed by atoms with E-state index < -0.39 is 0 Å². The van der Waals surface area contributed by atoms with Crippen LogP contribution in [0.5, 0.6) is 0 Å². The highest BCUT2D eigenvalue weighted by atomic mass is 16.5. The van der Waals surface area contributed by atoms with Crippen LogP contribution in [0.2, 0.25) is 0 Å². The number of anilines is 3. The first-order valence-corrected chi connectivity index (χ1v) is 15.5. The predicted molar refractivity (Wildman–Crippen MR) is 171 cm³/mol. The minimum atomic E-state index is -0.361. The summed E-state index contributed by atoms with van der Waals surface area (Å²) in [5.74, 6) is -0.464. The van der Waals surface area contributed by atoms with Crippen molar-refractivity contribution in [3.05, 3.63) is 89.0 Å². The molecule has 0 aromatic heterocycles. The van der Waals surface area contributed by atoms with Gasteiger partial charge in [0, 0.05) is 49.7 Å². The monoisotopic (exact) mass is 591 g/mol. The molecule has 0 radical (unpaired) electrons. The van der Waals surface area contributed by atoms with E-state index in [1.54, 1.807) is 12.1 Å². The highest BCUT2D eigenvalue weighted by molar-refractivity contribution is 6.37. The van der Waals surface area contributed by atoms with E-state index in [1.165, 1.54) is 0 Å². The van der Waals surface area contributed by atoms with Gasteiger partial charge in [-0.25, -0.2) is 4.79 Å². The summed E-state index contributed by atoms with van der Waals surface area (Å²) in [7, 11) is 2.11. The molecule has 9 heteroatoms. The maximum atomic E-state index is 13.5. The van der Waals surface area contributed by atoms with Crippen molar-refractivity contribution in [3.63, 3.8) is 0 Å². The molecule has 3 aromatic carbocycles. The zero-order chi connectivity index (χ0) is 30.2. The Kier molecular flexibility index (Phi) is 7.66. The summed E-state index contributed by atoms with van der Waals surface area (Å²) in [6.07, 6.45) is 3.66. The lowest BCUT2D eigenvalue weighted by atomic mass is 9.96. The Morgan fingerprint density at radius 3 is 2.48 bits per heavy atom. The van der Waals surface area contributed by atoms with Gasteiger partial charge in [0.15, 0.2) is 0 Å². The largest absolute Gasteiger partial charge is 0.459 e. The third-order valence-corrected chi connectivity index (χ3v) is 9.14. The van der Waals surface area contributed by atoms with Crippen molar-refractivity contribution in [1.29, 1.82) is 0 Å². The summed E-state index contributed by atoms with van der Waals surface area (Å²) >= 11 is 0. The number of hydrogen-bond donors (Lipinski definition) is 2. The number of nitrogens with zero attached hydrogens (tertiary/aromatic N) is 3. The maximum absolute atomic E-state index is 13.5. The summed E-state index contributed by atoms with van der Waals surface area (Å²) in [6.45, 7) is 4.88. The minimum absolute atomic E-state index is 0.0100. The first kappa shape index (κ1) is 28.3. The molecule has 0 bridgehead atoms. The van der Waals surface area contributed by atoms with Gasteiger partial charge in [0.1, 0.15) is 6.10 Å². The van der Waals surface area contributed by atoms with Gasteiger partial charge < -0.3 is 25.2 Å². The van der Waals surface area contributed by atoms with Crippen molar-refractivity contribution in [1.82, 2.24) is 9.80 Å². The Morgan fingerprint density at radius 1 is 0.932 bits per heavy atom. The zero-order valence-corrected chi connectivity index (χ0v) is 25.0. The lowest BCUT2D eigenvalue weighted by Crippen LogP contribution is -2.48. The van der Waals surface area contributed by atoms with Gasteiger partial charge in [-0.1, -0.05) is 36.4 Å². The molecule has 2 fully saturated rings. The number of carbonyl (C=O) groups is 3. The van der Waals surface area contributed by atoms with E-state index in [4.69, 9.17) is 4.74 Å². The molecular formula is C35H37N5O4. The Bertz CT molecular complexity index is 1640. The highest BCUT2D eigenvalue weighted by Crippen LogP contribution is 2.39. The van der Waals surface area contributed by atoms with E-state index in [-0.39, 0.29) is 23.9 Å². The second-order valence-electron chi connectivity index (χ2n) is 12.1. The fourth-order valence-corrected chi connectivity index (χ4v) is 6.31. The van der Waals surface area contributed by atoms with E-state index in [2.05, 4.69) is 33.5 Å². The molecule has 44 heavy (non-hydrogen) atoms. The molecule has 4 aliphatic rings. The van der Waals surface area contributed by atoms with Crippen LogP contribution in [0.3, 0.4) is 0 Å². The first-order valence-electron chi connectivity index (χ1n) is 15.5. The van der Waals surface area contributed by atoms with Crippen LogP contribution in [0.15, 0.2) is 66.7 Å². The van der Waals surface area contributed by atoms with Crippen LogP contribution in [0.1, 0.15) is 46.3 Å². The van der Waals surface area contributed by atoms with Crippen LogP contribution in [0.25, 0.3) is 11.3 Å². The molecule has 226 valence electrons. The van der Waals surface area contributed by atoms with Crippen molar-refractivity contribution >= 4 is 46.1 Å². The normalized spacial score (nSPS) is 19.6. The van der Waals surface area contributed by atoms with Gasteiger partial charge in [-0.2, -0.15) is 0 Å². The molecule has 3 aromatic rings. The zero-order valence-electron chi connectivity index (χ0n) is 25.0. The van der Waals surface area contributed by atoms with Gasteiger partial charge in [-0.05, 0) is 74.2 Å². The fourth-order valence-electron chi connectivity index (χ4n) is 6.31. The number of hydrogen-bond acceptors (Lipinski definition) is 7. The maximum Gasteiger partial charge on any atom is 0.338 e. The van der Waals surface area contributed by atoms with Gasteiger partial charge in [0.2, 0.25) is 5.91 Å². The average molecular weight is 592 g/mol. The molecule has 9 nitrogen and oxygen atoms in total. The fraction of sp³-hybridized carbons (Fsp3) is 0.343. The third-order valence-electron chi connectivity index (χ3n) is 9.14. The van der Waals surface area contributed by atoms with Crippen molar-refractivity contribution < 1.29 is 19.1 Å². The summed E-state index contributed by atoms with van der Waals surface area (Å²) in [4.78, 5) is 45.8. The number of piperazine rings is 1. The average Bonchev–Trinajstić information content (AvgIpc) is 3.58. The van der Waals surface area contributed by atoms with Crippen LogP contribution >= 0.6 is 0 Å². The first-order chi connectivity index (χ1) is 21.4. The molecule has 1 saturated carbocycles. The molecule has 1 aliphatic carbocycles. The van der Waals surface area contributed by atoms with Crippen molar-refractivity contribution in [2.75, 3.05) is 61.8 Å². The van der Waals surface area contributed by atoms with Crippen molar-refractivity contribution in [2.45, 2.75) is 31.8 Å². The molecule has 0 unspecified atom stereocenters. The third kappa shape index (κ3) is 5.60. The quantitative estimate of drug-likeness (QED) is 0.310. The van der Waals surface area contributed by atoms with E-state index in [0.29, 0.717) is 35.6 Å². The molecule has 7 rings (SSSR count). The van der Waals surface area contributed by atoms with E-state index in [1.807, 2.05) is 53.4 Å². The van der Waals surface area contributed by atoms with Gasteiger partial charge in [-0.15, -0.1) is 0 Å². The Morgan fingerprint density at radius 2 is 1.73 bits per heavy atom. The van der Waals surface area contributed by atoms with Crippen LogP contribution in [0.4, 0.5) is 17.1 Å². The van der Waals surface area contributed by atoms with E-state index in [9.17, 15) is 14.4 Å². The number of esters is 1. The van der Waals surface area contributed by atoms with Gasteiger partial charge in [0.05, 0.1) is 29.1 Å². The van der Waals surface area contributed by atoms with Gasteiger partial charge in [-0.3, -0.25) is 14.5 Å².